The average molecular weight is 232 g/mol. The molecule has 0 fully saturated rings. The first kappa shape index (κ1) is 12.1. The Morgan fingerprint density at radius 3 is 2.59 bits per heavy atom. The van der Waals surface area contributed by atoms with Crippen LogP contribution in [0.25, 0.3) is 0 Å². The van der Waals surface area contributed by atoms with Crippen molar-refractivity contribution in [2.75, 3.05) is 6.54 Å². The van der Waals surface area contributed by atoms with Crippen molar-refractivity contribution in [3.8, 4) is 0 Å². The van der Waals surface area contributed by atoms with E-state index in [9.17, 15) is 4.79 Å². The number of fused-ring (bicyclic) bond motifs is 1. The fourth-order valence-electron chi connectivity index (χ4n) is 2.28. The van der Waals surface area contributed by atoms with Gasteiger partial charge in [-0.25, -0.2) is 0 Å². The molecule has 0 bridgehead atoms. The van der Waals surface area contributed by atoms with Gasteiger partial charge in [0.15, 0.2) is 0 Å². The Morgan fingerprint density at radius 1 is 1.29 bits per heavy atom. The van der Waals surface area contributed by atoms with E-state index in [1.54, 1.807) is 13.8 Å². The molecule has 0 radical (unpaired) electrons. The van der Waals surface area contributed by atoms with Crippen LogP contribution in [-0.2, 0) is 17.8 Å². The Kier molecular flexibility index (Phi) is 3.20. The van der Waals surface area contributed by atoms with Crippen LogP contribution in [0.3, 0.4) is 0 Å². The molecule has 92 valence electrons. The molecule has 1 aromatic rings. The lowest BCUT2D eigenvalue weighted by Crippen LogP contribution is -2.50. The fraction of sp³-hybridized carbons (Fsp3) is 0.500. The third kappa shape index (κ3) is 2.67. The number of hydrogen-bond acceptors (Lipinski definition) is 2. The van der Waals surface area contributed by atoms with Gasteiger partial charge in [0.25, 0.3) is 0 Å². The molecule has 0 unspecified atom stereocenters. The number of amides is 1. The number of carbonyl (C=O) groups is 1. The molecule has 0 saturated heterocycles. The van der Waals surface area contributed by atoms with Crippen LogP contribution in [0.15, 0.2) is 24.3 Å². The number of carbonyl (C=O) groups excluding carboxylic acids is 1. The molecule has 1 aliphatic rings. The zero-order valence-electron chi connectivity index (χ0n) is 10.6. The Labute approximate surface area is 103 Å². The molecule has 2 N–H and O–H groups in total. The second-order valence-electron chi connectivity index (χ2n) is 5.32. The minimum Gasteiger partial charge on any atom is -0.337 e. The van der Waals surface area contributed by atoms with Gasteiger partial charge in [-0.15, -0.1) is 0 Å². The first-order valence-electron chi connectivity index (χ1n) is 6.13. The van der Waals surface area contributed by atoms with Crippen molar-refractivity contribution in [3.63, 3.8) is 0 Å². The van der Waals surface area contributed by atoms with E-state index in [1.165, 1.54) is 11.1 Å². The highest BCUT2D eigenvalue weighted by molar-refractivity contribution is 5.85. The maximum absolute atomic E-state index is 12.2. The van der Waals surface area contributed by atoms with Gasteiger partial charge in [-0.05, 0) is 37.8 Å². The van der Waals surface area contributed by atoms with Gasteiger partial charge in [-0.2, -0.15) is 0 Å². The van der Waals surface area contributed by atoms with Gasteiger partial charge in [0, 0.05) is 13.1 Å². The quantitative estimate of drug-likeness (QED) is 0.801. The summed E-state index contributed by atoms with van der Waals surface area (Å²) >= 11 is 0. The zero-order valence-corrected chi connectivity index (χ0v) is 10.6. The first-order valence-corrected chi connectivity index (χ1v) is 6.13. The lowest BCUT2D eigenvalue weighted by Gasteiger charge is -2.28. The van der Waals surface area contributed by atoms with E-state index in [0.717, 1.165) is 19.4 Å². The van der Waals surface area contributed by atoms with Crippen molar-refractivity contribution in [1.82, 2.24) is 4.90 Å². The molecule has 1 heterocycles. The van der Waals surface area contributed by atoms with Gasteiger partial charge < -0.3 is 10.6 Å². The molecule has 1 aliphatic heterocycles. The van der Waals surface area contributed by atoms with E-state index in [0.29, 0.717) is 6.54 Å². The van der Waals surface area contributed by atoms with E-state index in [4.69, 9.17) is 5.73 Å². The Hall–Kier alpha value is -1.35. The smallest absolute Gasteiger partial charge is 0.242 e. The maximum atomic E-state index is 12.2. The summed E-state index contributed by atoms with van der Waals surface area (Å²) in [7, 11) is 0. The molecule has 0 aromatic heterocycles. The minimum atomic E-state index is -0.778. The van der Waals surface area contributed by atoms with Crippen LogP contribution in [0.4, 0.5) is 0 Å². The number of aryl methyl sites for hydroxylation is 1. The van der Waals surface area contributed by atoms with Crippen LogP contribution in [0.5, 0.6) is 0 Å². The fourth-order valence-corrected chi connectivity index (χ4v) is 2.28. The Bertz CT molecular complexity index is 420. The van der Waals surface area contributed by atoms with Crippen molar-refractivity contribution in [3.05, 3.63) is 35.4 Å². The lowest BCUT2D eigenvalue weighted by atomic mass is 10.0. The highest BCUT2D eigenvalue weighted by Crippen LogP contribution is 2.20. The summed E-state index contributed by atoms with van der Waals surface area (Å²) in [4.78, 5) is 14.1. The number of benzene rings is 1. The predicted molar refractivity (Wildman–Crippen MR) is 68.4 cm³/mol. The largest absolute Gasteiger partial charge is 0.337 e. The Balaban J connectivity index is 2.22. The zero-order chi connectivity index (χ0) is 12.5. The summed E-state index contributed by atoms with van der Waals surface area (Å²) in [5.41, 5.74) is 7.72. The molecule has 0 atom stereocenters. The van der Waals surface area contributed by atoms with E-state index in [-0.39, 0.29) is 5.91 Å². The number of hydrogen-bond donors (Lipinski definition) is 1. The summed E-state index contributed by atoms with van der Waals surface area (Å²) in [6.07, 6.45) is 2.06. The minimum absolute atomic E-state index is 0.0363. The molecule has 2 rings (SSSR count). The van der Waals surface area contributed by atoms with E-state index in [1.807, 2.05) is 11.0 Å². The molecular formula is C14H20N2O. The highest BCUT2D eigenvalue weighted by Gasteiger charge is 2.28. The highest BCUT2D eigenvalue weighted by atomic mass is 16.2. The SMILES string of the molecule is CC(C)(N)C(=O)N1CCCc2ccccc2C1. The van der Waals surface area contributed by atoms with Crippen molar-refractivity contribution in [2.45, 2.75) is 38.8 Å². The molecule has 0 aliphatic carbocycles. The number of nitrogens with zero attached hydrogens (tertiary/aromatic N) is 1. The third-order valence-electron chi connectivity index (χ3n) is 3.19. The lowest BCUT2D eigenvalue weighted by molar-refractivity contribution is -0.136. The normalized spacial score (nSPS) is 16.3. The molecular weight excluding hydrogens is 212 g/mol. The molecule has 1 amide bonds. The third-order valence-corrected chi connectivity index (χ3v) is 3.19. The van der Waals surface area contributed by atoms with Crippen LogP contribution in [0.2, 0.25) is 0 Å². The number of nitrogens with two attached hydrogens (primary N) is 1. The molecule has 3 heteroatoms. The van der Waals surface area contributed by atoms with Gasteiger partial charge in [0.1, 0.15) is 0 Å². The molecule has 0 spiro atoms. The maximum Gasteiger partial charge on any atom is 0.242 e. The van der Waals surface area contributed by atoms with Crippen molar-refractivity contribution in [2.24, 2.45) is 5.73 Å². The molecule has 0 saturated carbocycles. The van der Waals surface area contributed by atoms with Crippen LogP contribution in [0.1, 0.15) is 31.4 Å². The van der Waals surface area contributed by atoms with Crippen LogP contribution >= 0.6 is 0 Å². The van der Waals surface area contributed by atoms with Crippen molar-refractivity contribution < 1.29 is 4.79 Å². The average Bonchev–Trinajstić information content (AvgIpc) is 2.48. The second-order valence-corrected chi connectivity index (χ2v) is 5.32. The molecule has 1 aromatic carbocycles. The van der Waals surface area contributed by atoms with Crippen LogP contribution in [0, 0.1) is 0 Å². The number of rotatable bonds is 1. The van der Waals surface area contributed by atoms with Crippen LogP contribution < -0.4 is 5.73 Å². The molecule has 3 nitrogen and oxygen atoms in total. The molecule has 17 heavy (non-hydrogen) atoms. The monoisotopic (exact) mass is 232 g/mol. The summed E-state index contributed by atoms with van der Waals surface area (Å²) in [5.74, 6) is 0.0363. The van der Waals surface area contributed by atoms with Gasteiger partial charge >= 0.3 is 0 Å². The van der Waals surface area contributed by atoms with Gasteiger partial charge in [0.05, 0.1) is 5.54 Å². The standard InChI is InChI=1S/C14H20N2O/c1-14(2,15)13(17)16-9-5-8-11-6-3-4-7-12(11)10-16/h3-4,6-7H,5,8-10,15H2,1-2H3. The van der Waals surface area contributed by atoms with Gasteiger partial charge in [-0.1, -0.05) is 24.3 Å². The first-order chi connectivity index (χ1) is 7.98. The van der Waals surface area contributed by atoms with E-state index >= 15 is 0 Å². The van der Waals surface area contributed by atoms with E-state index < -0.39 is 5.54 Å². The van der Waals surface area contributed by atoms with Gasteiger partial charge in [-0.3, -0.25) is 4.79 Å². The topological polar surface area (TPSA) is 46.3 Å². The summed E-state index contributed by atoms with van der Waals surface area (Å²) in [6.45, 7) is 5.03. The summed E-state index contributed by atoms with van der Waals surface area (Å²) < 4.78 is 0. The van der Waals surface area contributed by atoms with Gasteiger partial charge in [0.2, 0.25) is 5.91 Å². The summed E-state index contributed by atoms with van der Waals surface area (Å²) in [6, 6.07) is 8.34. The van der Waals surface area contributed by atoms with Crippen molar-refractivity contribution in [1.29, 1.82) is 0 Å². The van der Waals surface area contributed by atoms with E-state index in [2.05, 4.69) is 18.2 Å². The second kappa shape index (κ2) is 4.49. The van der Waals surface area contributed by atoms with Crippen LogP contribution in [-0.4, -0.2) is 22.9 Å². The Morgan fingerprint density at radius 2 is 1.94 bits per heavy atom. The van der Waals surface area contributed by atoms with Crippen molar-refractivity contribution >= 4 is 5.91 Å². The summed E-state index contributed by atoms with van der Waals surface area (Å²) in [5, 5.41) is 0. The predicted octanol–water partition coefficient (Wildman–Crippen LogP) is 1.70.